The van der Waals surface area contributed by atoms with E-state index in [0.717, 1.165) is 5.57 Å². The molecule has 4 nitrogen and oxygen atoms in total. The Morgan fingerprint density at radius 3 is 2.54 bits per heavy atom. The summed E-state index contributed by atoms with van der Waals surface area (Å²) in [6.07, 6.45) is 3.37. The van der Waals surface area contributed by atoms with E-state index in [2.05, 4.69) is 0 Å². The first-order valence-electron chi connectivity index (χ1n) is 4.23. The van der Waals surface area contributed by atoms with Crippen LogP contribution in [0.25, 0.3) is 0 Å². The van der Waals surface area contributed by atoms with Crippen LogP contribution in [0.2, 0.25) is 0 Å². The van der Waals surface area contributed by atoms with E-state index in [4.69, 9.17) is 5.11 Å². The van der Waals surface area contributed by atoms with Gasteiger partial charge in [0.05, 0.1) is 6.61 Å². The predicted octanol–water partition coefficient (Wildman–Crippen LogP) is 0.00900. The molecule has 0 bridgehead atoms. The van der Waals surface area contributed by atoms with Crippen LogP contribution in [0.3, 0.4) is 0 Å². The number of hydrogen-bond acceptors (Lipinski definition) is 4. The fourth-order valence-corrected chi connectivity index (χ4v) is 1.47. The Balaban J connectivity index is 3.43. The number of aliphatic hydroxyl groups is 1. The van der Waals surface area contributed by atoms with Gasteiger partial charge in [-0.15, -0.1) is 0 Å². The third-order valence-electron chi connectivity index (χ3n) is 1.63. The van der Waals surface area contributed by atoms with Crippen molar-refractivity contribution in [1.29, 1.82) is 0 Å². The maximum Gasteiger partial charge on any atom is 0.0639 e. The molecule has 1 N–H and O–H groups in total. The Morgan fingerprint density at radius 1 is 1.46 bits per heavy atom. The third kappa shape index (κ3) is 9.77. The van der Waals surface area contributed by atoms with Gasteiger partial charge in [-0.3, -0.25) is 0 Å². The lowest BCUT2D eigenvalue weighted by Crippen LogP contribution is -2.16. The van der Waals surface area contributed by atoms with E-state index in [1.165, 1.54) is 0 Å². The maximum absolute atomic E-state index is 10.2. The van der Waals surface area contributed by atoms with E-state index in [0.29, 0.717) is 19.3 Å². The minimum Gasteiger partial charge on any atom is -0.811 e. The molecule has 0 heterocycles. The third-order valence-corrected chi connectivity index (χ3v) is 2.49. The van der Waals surface area contributed by atoms with Crippen molar-refractivity contribution in [3.05, 3.63) is 11.6 Å². The highest BCUT2D eigenvalue weighted by atomic mass is 31.2. The van der Waals surface area contributed by atoms with Crippen LogP contribution < -0.4 is 9.79 Å². The molecule has 0 saturated heterocycles. The fourth-order valence-electron chi connectivity index (χ4n) is 0.863. The lowest BCUT2D eigenvalue weighted by Gasteiger charge is -2.29. The molecule has 0 saturated carbocycles. The molecule has 0 radical (unpaired) electrons. The van der Waals surface area contributed by atoms with Gasteiger partial charge >= 0.3 is 0 Å². The number of aliphatic hydroxyl groups excluding tert-OH is 1. The largest absolute Gasteiger partial charge is 0.811 e. The van der Waals surface area contributed by atoms with Crippen LogP contribution >= 0.6 is 7.60 Å². The number of unbranched alkanes of at least 4 members (excludes halogenated alkanes) is 2. The van der Waals surface area contributed by atoms with Crippen molar-refractivity contribution in [1.82, 2.24) is 0 Å². The maximum atomic E-state index is 10.2. The number of hydrogen-bond donors (Lipinski definition) is 1. The van der Waals surface area contributed by atoms with Gasteiger partial charge < -0.3 is 19.5 Å². The molecule has 13 heavy (non-hydrogen) atoms. The van der Waals surface area contributed by atoms with Crippen molar-refractivity contribution >= 4 is 7.60 Å². The Hall–Kier alpha value is -0.150. The Bertz CT molecular complexity index is 206. The minimum atomic E-state index is -4.31. The predicted molar refractivity (Wildman–Crippen MR) is 47.2 cm³/mol. The zero-order chi connectivity index (χ0) is 10.3. The monoisotopic (exact) mass is 206 g/mol. The molecule has 0 fully saturated rings. The second kappa shape index (κ2) is 6.33. The van der Waals surface area contributed by atoms with Gasteiger partial charge in [-0.2, -0.15) is 0 Å². The molecule has 5 heteroatoms. The summed E-state index contributed by atoms with van der Waals surface area (Å²) in [5.41, 5.74) is 0.868. The van der Waals surface area contributed by atoms with Gasteiger partial charge in [0.1, 0.15) is 0 Å². The van der Waals surface area contributed by atoms with Crippen molar-refractivity contribution in [2.24, 2.45) is 0 Å². The standard InChI is InChI=1S/C8H17O4P/c1-8(7-9)5-3-2-4-6-13(10,11)12/h5,9H,2-4,6-7H2,1H3,(H2,10,11,12)/p-2/b8-5+. The fraction of sp³-hybridized carbons (Fsp3) is 0.750. The second-order valence-electron chi connectivity index (χ2n) is 3.04. The molecule has 0 aliphatic rings. The van der Waals surface area contributed by atoms with E-state index >= 15 is 0 Å². The molecule has 0 aromatic heterocycles. The van der Waals surface area contributed by atoms with Crippen LogP contribution in [0.15, 0.2) is 11.6 Å². The number of allylic oxidation sites excluding steroid dienone is 1. The molecular weight excluding hydrogens is 191 g/mol. The topological polar surface area (TPSA) is 83.4 Å². The van der Waals surface area contributed by atoms with Gasteiger partial charge in [0.15, 0.2) is 0 Å². The zero-order valence-electron chi connectivity index (χ0n) is 7.73. The van der Waals surface area contributed by atoms with Crippen LogP contribution in [0.1, 0.15) is 26.2 Å². The van der Waals surface area contributed by atoms with E-state index in [1.807, 2.05) is 6.08 Å². The summed E-state index contributed by atoms with van der Waals surface area (Å²) >= 11 is 0. The highest BCUT2D eigenvalue weighted by molar-refractivity contribution is 7.48. The quantitative estimate of drug-likeness (QED) is 0.377. The van der Waals surface area contributed by atoms with Gasteiger partial charge in [-0.1, -0.05) is 19.2 Å². The molecule has 0 aliphatic carbocycles. The average Bonchev–Trinajstić information content (AvgIpc) is 2.01. The molecule has 0 unspecified atom stereocenters. The summed E-state index contributed by atoms with van der Waals surface area (Å²) in [6, 6.07) is 0. The van der Waals surface area contributed by atoms with Crippen LogP contribution in [0.4, 0.5) is 0 Å². The zero-order valence-corrected chi connectivity index (χ0v) is 8.63. The molecule has 0 rings (SSSR count). The lowest BCUT2D eigenvalue weighted by atomic mass is 10.2. The van der Waals surface area contributed by atoms with Crippen molar-refractivity contribution in [3.63, 3.8) is 0 Å². The van der Waals surface area contributed by atoms with Crippen molar-refractivity contribution in [2.75, 3.05) is 12.8 Å². The van der Waals surface area contributed by atoms with Crippen molar-refractivity contribution in [3.8, 4) is 0 Å². The summed E-state index contributed by atoms with van der Waals surface area (Å²) < 4.78 is 10.2. The highest BCUT2D eigenvalue weighted by Gasteiger charge is 1.91. The molecule has 0 spiro atoms. The average molecular weight is 206 g/mol. The minimum absolute atomic E-state index is 0.0294. The summed E-state index contributed by atoms with van der Waals surface area (Å²) in [5.74, 6) is 0. The normalized spacial score (nSPS) is 13.4. The van der Waals surface area contributed by atoms with Gasteiger partial charge in [-0.25, -0.2) is 0 Å². The van der Waals surface area contributed by atoms with Crippen LogP contribution in [0, 0.1) is 0 Å². The van der Waals surface area contributed by atoms with E-state index in [-0.39, 0.29) is 12.8 Å². The van der Waals surface area contributed by atoms with Gasteiger partial charge in [-0.05, 0) is 32.3 Å². The SMILES string of the molecule is C/C(=C\CCCCP(=O)([O-])[O-])CO. The van der Waals surface area contributed by atoms with E-state index in [1.54, 1.807) is 6.92 Å². The summed E-state index contributed by atoms with van der Waals surface area (Å²) in [6.45, 7) is 1.83. The smallest absolute Gasteiger partial charge is 0.0639 e. The van der Waals surface area contributed by atoms with Gasteiger partial charge in [0, 0.05) is 0 Å². The Kier molecular flexibility index (Phi) is 6.25. The van der Waals surface area contributed by atoms with Crippen molar-refractivity contribution in [2.45, 2.75) is 26.2 Å². The van der Waals surface area contributed by atoms with Crippen LogP contribution in [0.5, 0.6) is 0 Å². The molecule has 0 aromatic rings. The summed E-state index contributed by atoms with van der Waals surface area (Å²) in [7, 11) is -4.31. The second-order valence-corrected chi connectivity index (χ2v) is 4.71. The van der Waals surface area contributed by atoms with Gasteiger partial charge in [0.25, 0.3) is 0 Å². The molecule has 78 valence electrons. The Labute approximate surface area is 78.4 Å². The first kappa shape index (κ1) is 12.8. The van der Waals surface area contributed by atoms with Gasteiger partial charge in [0.2, 0.25) is 0 Å². The molecule has 0 atom stereocenters. The summed E-state index contributed by atoms with van der Waals surface area (Å²) in [5, 5.41) is 8.61. The first-order valence-corrected chi connectivity index (χ1v) is 5.96. The highest BCUT2D eigenvalue weighted by Crippen LogP contribution is 2.24. The lowest BCUT2D eigenvalue weighted by molar-refractivity contribution is -0.313. The summed E-state index contributed by atoms with van der Waals surface area (Å²) in [4.78, 5) is 20.4. The van der Waals surface area contributed by atoms with E-state index < -0.39 is 7.60 Å². The van der Waals surface area contributed by atoms with Crippen molar-refractivity contribution < 1.29 is 19.5 Å². The Morgan fingerprint density at radius 2 is 2.08 bits per heavy atom. The van der Waals surface area contributed by atoms with E-state index in [9.17, 15) is 14.4 Å². The molecular formula is C8H15O4P-2. The molecule has 0 amide bonds. The number of rotatable bonds is 6. The molecule has 0 aromatic carbocycles. The van der Waals surface area contributed by atoms with Crippen LogP contribution in [-0.4, -0.2) is 17.9 Å². The molecule has 0 aliphatic heterocycles. The van der Waals surface area contributed by atoms with Crippen LogP contribution in [-0.2, 0) is 4.57 Å². The first-order chi connectivity index (χ1) is 5.95.